The topological polar surface area (TPSA) is 80.3 Å². The van der Waals surface area contributed by atoms with Crippen LogP contribution in [0.4, 0.5) is 17.1 Å². The average molecular weight is 422 g/mol. The Hall–Kier alpha value is -3.32. The van der Waals surface area contributed by atoms with Crippen molar-refractivity contribution in [1.82, 2.24) is 4.98 Å². The van der Waals surface area contributed by atoms with E-state index in [-0.39, 0.29) is 0 Å². The van der Waals surface area contributed by atoms with Gasteiger partial charge in [0.05, 0.1) is 41.5 Å². The number of para-hydroxylation sites is 1. The van der Waals surface area contributed by atoms with E-state index in [1.54, 1.807) is 25.3 Å². The Morgan fingerprint density at radius 2 is 1.77 bits per heavy atom. The number of aromatic nitrogens is 1. The highest BCUT2D eigenvalue weighted by atomic mass is 32.2. The number of pyridine rings is 1. The summed E-state index contributed by atoms with van der Waals surface area (Å²) in [6.45, 7) is 4.10. The van der Waals surface area contributed by atoms with E-state index < -0.39 is 10.0 Å². The van der Waals surface area contributed by atoms with E-state index in [1.165, 1.54) is 0 Å². The molecule has 2 N–H and O–H groups in total. The van der Waals surface area contributed by atoms with Crippen LogP contribution in [0, 0.1) is 13.8 Å². The molecule has 4 rings (SSSR count). The Balaban J connectivity index is 1.91. The van der Waals surface area contributed by atoms with Crippen molar-refractivity contribution in [2.45, 2.75) is 13.8 Å². The molecule has 0 unspecified atom stereocenters. The van der Waals surface area contributed by atoms with Crippen LogP contribution in [0.5, 0.6) is 5.75 Å². The second-order valence-electron chi connectivity index (χ2n) is 7.39. The monoisotopic (exact) mass is 421 g/mol. The van der Waals surface area contributed by atoms with E-state index in [0.29, 0.717) is 11.4 Å². The lowest BCUT2D eigenvalue weighted by Gasteiger charge is -2.17. The summed E-state index contributed by atoms with van der Waals surface area (Å²) in [5, 5.41) is 5.53. The van der Waals surface area contributed by atoms with E-state index in [0.717, 1.165) is 50.6 Å². The number of sulfonamides is 1. The van der Waals surface area contributed by atoms with Crippen molar-refractivity contribution in [2.24, 2.45) is 0 Å². The predicted octanol–water partition coefficient (Wildman–Crippen LogP) is 5.13. The summed E-state index contributed by atoms with van der Waals surface area (Å²) in [4.78, 5) is 4.87. The van der Waals surface area contributed by atoms with Crippen molar-refractivity contribution < 1.29 is 13.2 Å². The van der Waals surface area contributed by atoms with E-state index in [9.17, 15) is 8.42 Å². The predicted molar refractivity (Wildman–Crippen MR) is 123 cm³/mol. The molecule has 30 heavy (non-hydrogen) atoms. The second kappa shape index (κ2) is 7.50. The molecule has 0 atom stereocenters. The summed E-state index contributed by atoms with van der Waals surface area (Å²) in [7, 11) is -1.82. The minimum atomic E-state index is -3.38. The minimum Gasteiger partial charge on any atom is -0.494 e. The molecule has 154 valence electrons. The zero-order valence-electron chi connectivity index (χ0n) is 17.3. The quantitative estimate of drug-likeness (QED) is 0.437. The number of fused-ring (bicyclic) bond motifs is 2. The molecule has 3 aromatic carbocycles. The number of rotatable bonds is 5. The number of hydrogen-bond acceptors (Lipinski definition) is 5. The Labute approximate surface area is 176 Å². The van der Waals surface area contributed by atoms with Gasteiger partial charge in [-0.2, -0.15) is 0 Å². The molecule has 6 nitrogen and oxygen atoms in total. The van der Waals surface area contributed by atoms with Gasteiger partial charge in [0.15, 0.2) is 0 Å². The smallest absolute Gasteiger partial charge is 0.229 e. The van der Waals surface area contributed by atoms with E-state index >= 15 is 0 Å². The van der Waals surface area contributed by atoms with Gasteiger partial charge < -0.3 is 10.1 Å². The first-order valence-electron chi connectivity index (χ1n) is 9.48. The van der Waals surface area contributed by atoms with Crippen LogP contribution in [0.3, 0.4) is 0 Å². The molecule has 4 aromatic rings. The molecule has 0 saturated heterocycles. The van der Waals surface area contributed by atoms with Crippen LogP contribution in [0.25, 0.3) is 21.8 Å². The SMILES string of the molecule is COc1cc(NS(C)(=O)=O)ccc1Nc1c2cc(C)ccc2nc2c(C)cccc12. The van der Waals surface area contributed by atoms with Crippen LogP contribution in [-0.4, -0.2) is 26.8 Å². The third-order valence-electron chi connectivity index (χ3n) is 4.93. The van der Waals surface area contributed by atoms with Crippen molar-refractivity contribution in [3.8, 4) is 5.75 Å². The molecular weight excluding hydrogens is 398 g/mol. The van der Waals surface area contributed by atoms with E-state index in [4.69, 9.17) is 9.72 Å². The molecule has 1 aromatic heterocycles. The Kier molecular flexibility index (Phi) is 4.99. The lowest BCUT2D eigenvalue weighted by molar-refractivity contribution is 0.417. The Morgan fingerprint density at radius 3 is 2.50 bits per heavy atom. The summed E-state index contributed by atoms with van der Waals surface area (Å²) < 4.78 is 31.1. The van der Waals surface area contributed by atoms with Gasteiger partial charge in [-0.25, -0.2) is 13.4 Å². The molecule has 0 fully saturated rings. The number of nitrogens with zero attached hydrogens (tertiary/aromatic N) is 1. The van der Waals surface area contributed by atoms with Crippen LogP contribution in [0.1, 0.15) is 11.1 Å². The molecular formula is C23H23N3O3S. The molecule has 0 aliphatic rings. The van der Waals surface area contributed by atoms with Crippen molar-refractivity contribution in [3.63, 3.8) is 0 Å². The summed E-state index contributed by atoms with van der Waals surface area (Å²) in [6.07, 6.45) is 1.12. The largest absolute Gasteiger partial charge is 0.494 e. The highest BCUT2D eigenvalue weighted by molar-refractivity contribution is 7.92. The fraction of sp³-hybridized carbons (Fsp3) is 0.174. The van der Waals surface area contributed by atoms with Crippen molar-refractivity contribution in [2.75, 3.05) is 23.4 Å². The summed E-state index contributed by atoms with van der Waals surface area (Å²) in [5.41, 5.74) is 6.18. The first kappa shape index (κ1) is 20.0. The van der Waals surface area contributed by atoms with Crippen LogP contribution < -0.4 is 14.8 Å². The molecule has 0 aliphatic heterocycles. The second-order valence-corrected chi connectivity index (χ2v) is 9.14. The number of benzene rings is 3. The lowest BCUT2D eigenvalue weighted by Crippen LogP contribution is -2.09. The van der Waals surface area contributed by atoms with Gasteiger partial charge in [-0.1, -0.05) is 29.8 Å². The molecule has 1 heterocycles. The molecule has 0 amide bonds. The van der Waals surface area contributed by atoms with Crippen molar-refractivity contribution in [3.05, 3.63) is 65.7 Å². The molecule has 0 saturated carbocycles. The van der Waals surface area contributed by atoms with Gasteiger partial charge in [-0.05, 0) is 43.7 Å². The standard InChI is InChI=1S/C23H23N3O3S/c1-14-8-10-19-18(12-14)23(17-7-5-6-15(2)22(17)24-19)25-20-11-9-16(13-21(20)29-3)26-30(4,27)28/h5-13,26H,1-4H3,(H,24,25). The number of anilines is 3. The number of aryl methyl sites for hydroxylation is 2. The summed E-state index contributed by atoms with van der Waals surface area (Å²) in [6, 6.07) is 17.5. The lowest BCUT2D eigenvalue weighted by atomic mass is 10.0. The molecule has 0 aliphatic carbocycles. The Morgan fingerprint density at radius 1 is 0.967 bits per heavy atom. The first-order chi connectivity index (χ1) is 14.2. The zero-order chi connectivity index (χ0) is 21.5. The summed E-state index contributed by atoms with van der Waals surface area (Å²) >= 11 is 0. The van der Waals surface area contributed by atoms with Gasteiger partial charge in [-0.15, -0.1) is 0 Å². The summed E-state index contributed by atoms with van der Waals surface area (Å²) in [5.74, 6) is 0.530. The number of hydrogen-bond donors (Lipinski definition) is 2. The average Bonchev–Trinajstić information content (AvgIpc) is 2.68. The maximum atomic E-state index is 11.6. The highest BCUT2D eigenvalue weighted by Gasteiger charge is 2.14. The third kappa shape index (κ3) is 3.89. The van der Waals surface area contributed by atoms with Crippen LogP contribution in [0.15, 0.2) is 54.6 Å². The van der Waals surface area contributed by atoms with Crippen LogP contribution >= 0.6 is 0 Å². The van der Waals surface area contributed by atoms with Gasteiger partial charge in [0.2, 0.25) is 10.0 Å². The number of ether oxygens (including phenoxy) is 1. The van der Waals surface area contributed by atoms with Gasteiger partial charge >= 0.3 is 0 Å². The maximum Gasteiger partial charge on any atom is 0.229 e. The van der Waals surface area contributed by atoms with Gasteiger partial charge in [0, 0.05) is 16.8 Å². The van der Waals surface area contributed by atoms with Crippen LogP contribution in [0.2, 0.25) is 0 Å². The van der Waals surface area contributed by atoms with Gasteiger partial charge in [0.25, 0.3) is 0 Å². The fourth-order valence-corrected chi connectivity index (χ4v) is 4.12. The minimum absolute atomic E-state index is 0.441. The first-order valence-corrected chi connectivity index (χ1v) is 11.4. The molecule has 0 bridgehead atoms. The van der Waals surface area contributed by atoms with Gasteiger partial charge in [-0.3, -0.25) is 4.72 Å². The maximum absolute atomic E-state index is 11.6. The number of nitrogens with one attached hydrogen (secondary N) is 2. The zero-order valence-corrected chi connectivity index (χ0v) is 18.1. The molecule has 7 heteroatoms. The fourth-order valence-electron chi connectivity index (χ4n) is 3.56. The molecule has 0 spiro atoms. The highest BCUT2D eigenvalue weighted by Crippen LogP contribution is 2.38. The molecule has 0 radical (unpaired) electrons. The third-order valence-corrected chi connectivity index (χ3v) is 5.53. The van der Waals surface area contributed by atoms with E-state index in [1.807, 2.05) is 31.2 Å². The van der Waals surface area contributed by atoms with Gasteiger partial charge in [0.1, 0.15) is 5.75 Å². The van der Waals surface area contributed by atoms with Crippen molar-refractivity contribution in [1.29, 1.82) is 0 Å². The number of methoxy groups -OCH3 is 1. The Bertz CT molecular complexity index is 1380. The normalized spacial score (nSPS) is 11.6. The van der Waals surface area contributed by atoms with E-state index in [2.05, 4.69) is 29.1 Å². The van der Waals surface area contributed by atoms with Crippen molar-refractivity contribution >= 4 is 48.9 Å². The van der Waals surface area contributed by atoms with Crippen LogP contribution in [-0.2, 0) is 10.0 Å².